The Morgan fingerprint density at radius 1 is 0.358 bits per heavy atom. The van der Waals surface area contributed by atoms with Gasteiger partial charge in [0.15, 0.2) is 17.5 Å². The quantitative estimate of drug-likeness (QED) is 0.177. The van der Waals surface area contributed by atoms with Crippen LogP contribution in [0.15, 0.2) is 211 Å². The molecule has 0 aliphatic rings. The number of furan rings is 1. The van der Waals surface area contributed by atoms with E-state index in [4.69, 9.17) is 19.4 Å². The summed E-state index contributed by atoms with van der Waals surface area (Å²) in [7, 11) is 0. The normalized spacial score (nSPS) is 12.2. The Bertz CT molecular complexity index is 4500. The second-order valence-electron chi connectivity index (χ2n) is 17.5. The van der Waals surface area contributed by atoms with E-state index in [0.717, 1.165) is 76.2 Å². The average molecular weight is 871 g/mol. The summed E-state index contributed by atoms with van der Waals surface area (Å²) in [5, 5.41) is 16.4. The number of aromatic nitrogens is 4. The fraction of sp³-hybridized carbons (Fsp3) is 0. The van der Waals surface area contributed by atoms with Gasteiger partial charge in [-0.05, 0) is 98.4 Å². The maximum atomic E-state index is 6.89. The van der Waals surface area contributed by atoms with Gasteiger partial charge < -0.3 is 8.98 Å². The van der Waals surface area contributed by atoms with Crippen molar-refractivity contribution in [2.24, 2.45) is 0 Å². The zero-order valence-electron chi connectivity index (χ0n) is 35.7. The molecule has 0 fully saturated rings. The van der Waals surface area contributed by atoms with Crippen LogP contribution in [0.3, 0.4) is 0 Å². The maximum Gasteiger partial charge on any atom is 0.165 e. The molecule has 15 aromatic rings. The van der Waals surface area contributed by atoms with E-state index in [1.165, 1.54) is 53.2 Å². The molecule has 5 nitrogen and oxygen atoms in total. The summed E-state index contributed by atoms with van der Waals surface area (Å²) in [6, 6.07) is 73.9. The van der Waals surface area contributed by atoms with E-state index in [1.54, 1.807) is 11.3 Å². The Kier molecular flexibility index (Phi) is 7.59. The lowest BCUT2D eigenvalue weighted by Crippen LogP contribution is -2.00. The average Bonchev–Trinajstić information content (AvgIpc) is 4.05. The molecule has 0 aliphatic carbocycles. The third kappa shape index (κ3) is 5.51. The summed E-state index contributed by atoms with van der Waals surface area (Å²) in [5.74, 6) is 1.88. The summed E-state index contributed by atoms with van der Waals surface area (Å²) in [6.45, 7) is 0. The first-order valence-electron chi connectivity index (χ1n) is 22.6. The molecule has 67 heavy (non-hydrogen) atoms. The largest absolute Gasteiger partial charge is 0.456 e. The van der Waals surface area contributed by atoms with Gasteiger partial charge in [-0.25, -0.2) is 15.0 Å². The van der Waals surface area contributed by atoms with Gasteiger partial charge in [0.1, 0.15) is 11.2 Å². The zero-order chi connectivity index (χ0) is 43.7. The van der Waals surface area contributed by atoms with Crippen molar-refractivity contribution < 1.29 is 4.42 Å². The molecule has 0 N–H and O–H groups in total. The van der Waals surface area contributed by atoms with Crippen molar-refractivity contribution >= 4 is 118 Å². The first-order valence-corrected chi connectivity index (χ1v) is 23.4. The highest BCUT2D eigenvalue weighted by Gasteiger charge is 2.22. The van der Waals surface area contributed by atoms with Gasteiger partial charge in [0, 0.05) is 69.9 Å². The molecular formula is C61H34N4OS. The Morgan fingerprint density at radius 2 is 0.910 bits per heavy atom. The molecule has 4 aromatic heterocycles. The third-order valence-electron chi connectivity index (χ3n) is 13.7. The predicted octanol–water partition coefficient (Wildman–Crippen LogP) is 16.8. The lowest BCUT2D eigenvalue weighted by molar-refractivity contribution is 0.669. The number of fused-ring (bicyclic) bond motifs is 14. The number of benzene rings is 11. The van der Waals surface area contributed by atoms with Gasteiger partial charge >= 0.3 is 0 Å². The molecule has 4 heterocycles. The monoisotopic (exact) mass is 870 g/mol. The highest BCUT2D eigenvalue weighted by Crippen LogP contribution is 2.44. The molecule has 11 aromatic carbocycles. The van der Waals surface area contributed by atoms with Gasteiger partial charge in [0.25, 0.3) is 0 Å². The van der Waals surface area contributed by atoms with Crippen molar-refractivity contribution in [2.75, 3.05) is 0 Å². The predicted molar refractivity (Wildman–Crippen MR) is 281 cm³/mol. The molecule has 0 radical (unpaired) electrons. The van der Waals surface area contributed by atoms with E-state index >= 15 is 0 Å². The first kappa shape index (κ1) is 36.6. The molecule has 0 spiro atoms. The van der Waals surface area contributed by atoms with Gasteiger partial charge in [-0.3, -0.25) is 0 Å². The molecule has 0 amide bonds. The van der Waals surface area contributed by atoms with Crippen LogP contribution in [0.4, 0.5) is 0 Å². The molecule has 15 rings (SSSR count). The first-order chi connectivity index (χ1) is 33.2. The van der Waals surface area contributed by atoms with E-state index < -0.39 is 0 Å². The van der Waals surface area contributed by atoms with Gasteiger partial charge in [0.2, 0.25) is 0 Å². The van der Waals surface area contributed by atoms with Crippen LogP contribution < -0.4 is 0 Å². The van der Waals surface area contributed by atoms with Crippen molar-refractivity contribution in [3.8, 4) is 39.9 Å². The van der Waals surface area contributed by atoms with Crippen molar-refractivity contribution in [3.05, 3.63) is 206 Å². The van der Waals surface area contributed by atoms with Crippen molar-refractivity contribution in [2.45, 2.75) is 0 Å². The van der Waals surface area contributed by atoms with Crippen LogP contribution >= 0.6 is 11.3 Å². The Labute approximate surface area is 386 Å². The Morgan fingerprint density at radius 3 is 1.63 bits per heavy atom. The molecule has 0 saturated carbocycles. The number of rotatable bonds is 4. The maximum absolute atomic E-state index is 6.89. The number of hydrogen-bond acceptors (Lipinski definition) is 5. The minimum absolute atomic E-state index is 0.605. The molecule has 6 heteroatoms. The Hall–Kier alpha value is -8.71. The van der Waals surface area contributed by atoms with Gasteiger partial charge in [-0.15, -0.1) is 11.3 Å². The van der Waals surface area contributed by atoms with E-state index in [1.807, 2.05) is 0 Å². The van der Waals surface area contributed by atoms with E-state index in [2.05, 4.69) is 211 Å². The lowest BCUT2D eigenvalue weighted by Gasteiger charge is -2.13. The standard InChI is InChI=1S/C61H34N4OS/c1-2-13-36-28-41(25-24-35(36)12-1)59-62-60(64-61(63-59)47-22-11-21-46-44-19-9-10-23-56(44)67-58(46)47)42-26-27-54-50(31-42)57-45-20-8-7-18-43(45)53(34-55(57)66-54)65-51-32-39-16-5-3-14-37(39)29-48(51)49-30-38-15-4-6-17-40(38)33-52(49)65/h1-34H. The van der Waals surface area contributed by atoms with Gasteiger partial charge in [-0.2, -0.15) is 0 Å². The summed E-state index contributed by atoms with van der Waals surface area (Å²) in [6.07, 6.45) is 0. The van der Waals surface area contributed by atoms with Crippen molar-refractivity contribution in [1.29, 1.82) is 0 Å². The number of thiophene rings is 1. The molecule has 0 aliphatic heterocycles. The molecule has 310 valence electrons. The minimum Gasteiger partial charge on any atom is -0.456 e. The summed E-state index contributed by atoms with van der Waals surface area (Å²) in [5.41, 5.74) is 7.83. The van der Waals surface area contributed by atoms with Crippen molar-refractivity contribution in [3.63, 3.8) is 0 Å². The van der Waals surface area contributed by atoms with Crippen molar-refractivity contribution in [1.82, 2.24) is 19.5 Å². The second-order valence-corrected chi connectivity index (χ2v) is 18.6. The smallest absolute Gasteiger partial charge is 0.165 e. The lowest BCUT2D eigenvalue weighted by atomic mass is 10.0. The molecule has 0 atom stereocenters. The summed E-state index contributed by atoms with van der Waals surface area (Å²) in [4.78, 5) is 15.8. The molecular weight excluding hydrogens is 837 g/mol. The topological polar surface area (TPSA) is 56.7 Å². The zero-order valence-corrected chi connectivity index (χ0v) is 36.6. The van der Waals surface area contributed by atoms with Crippen LogP contribution in [0.5, 0.6) is 0 Å². The summed E-state index contributed by atoms with van der Waals surface area (Å²) < 4.78 is 11.7. The molecule has 0 bridgehead atoms. The highest BCUT2D eigenvalue weighted by molar-refractivity contribution is 7.26. The van der Waals surface area contributed by atoms with E-state index in [-0.39, 0.29) is 0 Å². The third-order valence-corrected chi connectivity index (χ3v) is 15.0. The van der Waals surface area contributed by atoms with Crippen LogP contribution in [0, 0.1) is 0 Å². The number of hydrogen-bond donors (Lipinski definition) is 0. The number of nitrogens with zero attached hydrogens (tertiary/aromatic N) is 4. The molecule has 0 saturated heterocycles. The summed E-state index contributed by atoms with van der Waals surface area (Å²) >= 11 is 1.78. The van der Waals surface area contributed by atoms with E-state index in [0.29, 0.717) is 17.5 Å². The minimum atomic E-state index is 0.605. The van der Waals surface area contributed by atoms with Crippen LogP contribution in [-0.2, 0) is 0 Å². The fourth-order valence-corrected chi connectivity index (χ4v) is 11.8. The van der Waals surface area contributed by atoms with Gasteiger partial charge in [0.05, 0.1) is 16.7 Å². The van der Waals surface area contributed by atoms with Crippen LogP contribution in [-0.4, -0.2) is 19.5 Å². The molecule has 0 unspecified atom stereocenters. The fourth-order valence-electron chi connectivity index (χ4n) is 10.6. The van der Waals surface area contributed by atoms with Gasteiger partial charge in [-0.1, -0.05) is 140 Å². The van der Waals surface area contributed by atoms with Crippen LogP contribution in [0.2, 0.25) is 0 Å². The highest BCUT2D eigenvalue weighted by atomic mass is 32.1. The van der Waals surface area contributed by atoms with Crippen LogP contribution in [0.1, 0.15) is 0 Å². The van der Waals surface area contributed by atoms with Crippen LogP contribution in [0.25, 0.3) is 147 Å². The van der Waals surface area contributed by atoms with E-state index in [9.17, 15) is 0 Å². The second kappa shape index (κ2) is 13.9. The SMILES string of the molecule is c1ccc2cc(-c3nc(-c4ccc5oc6cc(-n7c8cc9ccccc9cc8c8cc9ccccc9cc87)c7ccccc7c6c5c4)nc(-c4cccc5c4sc4ccccc45)n3)ccc2c1. The Balaban J connectivity index is 0.966.